The number of fused-ring (bicyclic) bond motifs is 1. The van der Waals surface area contributed by atoms with Gasteiger partial charge in [-0.3, -0.25) is 9.89 Å². The average molecular weight is 259 g/mol. The number of benzene rings is 1. The molecule has 3 rings (SSSR count). The van der Waals surface area contributed by atoms with Crippen LogP contribution in [0.4, 0.5) is 0 Å². The second kappa shape index (κ2) is 4.06. The molecular weight excluding hydrogens is 242 g/mol. The predicted molar refractivity (Wildman–Crippen MR) is 71.8 cm³/mol. The second-order valence-electron chi connectivity index (χ2n) is 5.72. The number of hydrogen-bond acceptors (Lipinski definition) is 3. The lowest BCUT2D eigenvalue weighted by Gasteiger charge is -2.49. The predicted octanol–water partition coefficient (Wildman–Crippen LogP) is 1.45. The van der Waals surface area contributed by atoms with Crippen LogP contribution in [0.5, 0.6) is 0 Å². The highest BCUT2D eigenvalue weighted by molar-refractivity contribution is 6.04. The summed E-state index contributed by atoms with van der Waals surface area (Å²) < 4.78 is 0. The van der Waals surface area contributed by atoms with E-state index in [9.17, 15) is 9.90 Å². The van der Waals surface area contributed by atoms with Crippen molar-refractivity contribution in [2.45, 2.75) is 32.4 Å². The number of aliphatic hydroxyl groups is 1. The molecule has 1 saturated carbocycles. The van der Waals surface area contributed by atoms with Gasteiger partial charge in [0.2, 0.25) is 0 Å². The lowest BCUT2D eigenvalue weighted by Crippen LogP contribution is -2.61. The maximum absolute atomic E-state index is 12.2. The minimum atomic E-state index is -0.353. The average Bonchev–Trinajstić information content (AvgIpc) is 2.82. The molecule has 0 aliphatic heterocycles. The molecule has 1 heterocycles. The zero-order valence-electron chi connectivity index (χ0n) is 11.0. The Morgan fingerprint density at radius 1 is 1.47 bits per heavy atom. The van der Waals surface area contributed by atoms with Gasteiger partial charge in [-0.1, -0.05) is 32.0 Å². The quantitative estimate of drug-likeness (QED) is 0.764. The molecule has 1 aliphatic carbocycles. The van der Waals surface area contributed by atoms with Crippen molar-refractivity contribution < 1.29 is 9.90 Å². The normalized spacial score (nSPS) is 25.0. The van der Waals surface area contributed by atoms with Crippen molar-refractivity contribution in [3.8, 4) is 0 Å². The van der Waals surface area contributed by atoms with Gasteiger partial charge in [0.05, 0.1) is 11.6 Å². The van der Waals surface area contributed by atoms with Gasteiger partial charge in [-0.15, -0.1) is 0 Å². The van der Waals surface area contributed by atoms with Crippen LogP contribution < -0.4 is 5.32 Å². The van der Waals surface area contributed by atoms with Crippen LogP contribution in [0, 0.1) is 5.41 Å². The largest absolute Gasteiger partial charge is 0.392 e. The van der Waals surface area contributed by atoms with Crippen LogP contribution in [-0.2, 0) is 0 Å². The second-order valence-corrected chi connectivity index (χ2v) is 5.72. The topological polar surface area (TPSA) is 78.0 Å². The fraction of sp³-hybridized carbons (Fsp3) is 0.429. The summed E-state index contributed by atoms with van der Waals surface area (Å²) in [5, 5.41) is 20.4. The molecule has 1 aromatic heterocycles. The summed E-state index contributed by atoms with van der Waals surface area (Å²) in [5.74, 6) is -0.192. The number of rotatable bonds is 2. The molecule has 19 heavy (non-hydrogen) atoms. The fourth-order valence-electron chi connectivity index (χ4n) is 2.51. The first-order valence-electron chi connectivity index (χ1n) is 6.42. The van der Waals surface area contributed by atoms with E-state index in [4.69, 9.17) is 0 Å². The van der Waals surface area contributed by atoms with Crippen molar-refractivity contribution in [3.05, 3.63) is 30.0 Å². The number of nitrogens with one attached hydrogen (secondary N) is 2. The zero-order valence-corrected chi connectivity index (χ0v) is 11.0. The summed E-state index contributed by atoms with van der Waals surface area (Å²) in [4.78, 5) is 12.2. The Morgan fingerprint density at radius 2 is 2.21 bits per heavy atom. The summed E-state index contributed by atoms with van der Waals surface area (Å²) in [6, 6.07) is 7.52. The number of aromatic amines is 1. The molecule has 3 N–H and O–H groups in total. The fourth-order valence-corrected chi connectivity index (χ4v) is 2.51. The van der Waals surface area contributed by atoms with E-state index in [2.05, 4.69) is 15.5 Å². The highest BCUT2D eigenvalue weighted by Crippen LogP contribution is 2.40. The third-order valence-electron chi connectivity index (χ3n) is 4.21. The lowest BCUT2D eigenvalue weighted by molar-refractivity contribution is -0.0689. The van der Waals surface area contributed by atoms with Crippen LogP contribution in [0.15, 0.2) is 24.3 Å². The summed E-state index contributed by atoms with van der Waals surface area (Å²) in [7, 11) is 0. The van der Waals surface area contributed by atoms with Gasteiger partial charge in [-0.05, 0) is 12.5 Å². The molecule has 1 aromatic carbocycles. The summed E-state index contributed by atoms with van der Waals surface area (Å²) in [6.07, 6.45) is 0.245. The molecule has 1 aliphatic rings. The van der Waals surface area contributed by atoms with Crippen LogP contribution in [0.2, 0.25) is 0 Å². The molecular formula is C14H17N3O2. The van der Waals surface area contributed by atoms with Crippen molar-refractivity contribution in [1.29, 1.82) is 0 Å². The standard InChI is InChI=1S/C14H17N3O2/c1-14(2)10(7-11(14)18)15-13(19)12-8-5-3-4-6-9(8)16-17-12/h3-6,10-11,18H,7H2,1-2H3,(H,15,19)(H,16,17). The number of carbonyl (C=O) groups excluding carboxylic acids is 1. The Hall–Kier alpha value is -1.88. The van der Waals surface area contributed by atoms with Crippen LogP contribution in [-0.4, -0.2) is 33.4 Å². The van der Waals surface area contributed by atoms with Crippen LogP contribution in [0.25, 0.3) is 10.9 Å². The van der Waals surface area contributed by atoms with Crippen molar-refractivity contribution in [2.24, 2.45) is 5.41 Å². The SMILES string of the molecule is CC1(C)C(O)CC1NC(=O)c1n[nH]c2ccccc12. The van der Waals surface area contributed by atoms with E-state index < -0.39 is 0 Å². The number of amides is 1. The number of aliphatic hydroxyl groups excluding tert-OH is 1. The molecule has 0 saturated heterocycles. The molecule has 0 spiro atoms. The third-order valence-corrected chi connectivity index (χ3v) is 4.21. The Labute approximate surface area is 111 Å². The number of nitrogens with zero attached hydrogens (tertiary/aromatic N) is 1. The third kappa shape index (κ3) is 1.81. The van der Waals surface area contributed by atoms with E-state index >= 15 is 0 Å². The molecule has 0 bridgehead atoms. The zero-order chi connectivity index (χ0) is 13.6. The Kier molecular flexibility index (Phi) is 2.60. The number of H-pyrrole nitrogens is 1. The number of para-hydroxylation sites is 1. The minimum absolute atomic E-state index is 0.00883. The molecule has 1 amide bonds. The highest BCUT2D eigenvalue weighted by Gasteiger charge is 2.48. The monoisotopic (exact) mass is 259 g/mol. The van der Waals surface area contributed by atoms with Gasteiger partial charge in [0.25, 0.3) is 5.91 Å². The van der Waals surface area contributed by atoms with Crippen molar-refractivity contribution in [1.82, 2.24) is 15.5 Å². The van der Waals surface area contributed by atoms with Crippen molar-refractivity contribution in [3.63, 3.8) is 0 Å². The first kappa shape index (κ1) is 12.2. The molecule has 1 fully saturated rings. The molecule has 2 aromatic rings. The van der Waals surface area contributed by atoms with E-state index in [0.29, 0.717) is 12.1 Å². The number of hydrogen-bond donors (Lipinski definition) is 3. The van der Waals surface area contributed by atoms with Gasteiger partial charge >= 0.3 is 0 Å². The summed E-state index contributed by atoms with van der Waals surface area (Å²) >= 11 is 0. The summed E-state index contributed by atoms with van der Waals surface area (Å²) in [5.41, 5.74) is 0.982. The number of aromatic nitrogens is 2. The molecule has 2 atom stereocenters. The molecule has 5 heteroatoms. The molecule has 100 valence electrons. The van der Waals surface area contributed by atoms with E-state index in [0.717, 1.165) is 10.9 Å². The van der Waals surface area contributed by atoms with Crippen LogP contribution in [0.1, 0.15) is 30.8 Å². The van der Waals surface area contributed by atoms with Crippen LogP contribution >= 0.6 is 0 Å². The van der Waals surface area contributed by atoms with E-state index in [1.165, 1.54) is 0 Å². The Morgan fingerprint density at radius 3 is 2.89 bits per heavy atom. The molecule has 0 radical (unpaired) electrons. The molecule has 5 nitrogen and oxygen atoms in total. The Balaban J connectivity index is 1.82. The Bertz CT molecular complexity index is 632. The van der Waals surface area contributed by atoms with Gasteiger partial charge in [-0.2, -0.15) is 5.10 Å². The van der Waals surface area contributed by atoms with Gasteiger partial charge in [0, 0.05) is 16.8 Å². The summed E-state index contributed by atoms with van der Waals surface area (Å²) in [6.45, 7) is 3.91. The number of carbonyl (C=O) groups is 1. The lowest BCUT2D eigenvalue weighted by atomic mass is 9.64. The van der Waals surface area contributed by atoms with Gasteiger partial charge in [-0.25, -0.2) is 0 Å². The molecule has 2 unspecified atom stereocenters. The first-order valence-corrected chi connectivity index (χ1v) is 6.42. The minimum Gasteiger partial charge on any atom is -0.392 e. The van der Waals surface area contributed by atoms with E-state index in [1.807, 2.05) is 38.1 Å². The van der Waals surface area contributed by atoms with Crippen molar-refractivity contribution in [2.75, 3.05) is 0 Å². The van der Waals surface area contributed by atoms with Gasteiger partial charge in [0.1, 0.15) is 0 Å². The van der Waals surface area contributed by atoms with Gasteiger partial charge < -0.3 is 10.4 Å². The maximum Gasteiger partial charge on any atom is 0.272 e. The van der Waals surface area contributed by atoms with E-state index in [1.54, 1.807) is 0 Å². The van der Waals surface area contributed by atoms with Crippen molar-refractivity contribution >= 4 is 16.8 Å². The smallest absolute Gasteiger partial charge is 0.272 e. The van der Waals surface area contributed by atoms with Gasteiger partial charge in [0.15, 0.2) is 5.69 Å². The first-order chi connectivity index (χ1) is 9.00. The maximum atomic E-state index is 12.2. The highest BCUT2D eigenvalue weighted by atomic mass is 16.3. The van der Waals surface area contributed by atoms with E-state index in [-0.39, 0.29) is 23.5 Å². The van der Waals surface area contributed by atoms with Crippen LogP contribution in [0.3, 0.4) is 0 Å².